The van der Waals surface area contributed by atoms with Gasteiger partial charge < -0.3 is 9.88 Å². The molecule has 1 aliphatic carbocycles. The fourth-order valence-corrected chi connectivity index (χ4v) is 5.33. The van der Waals surface area contributed by atoms with Crippen LogP contribution in [-0.2, 0) is 24.2 Å². The van der Waals surface area contributed by atoms with Gasteiger partial charge in [0.1, 0.15) is 10.7 Å². The lowest BCUT2D eigenvalue weighted by molar-refractivity contribution is -0.132. The third-order valence-corrected chi connectivity index (χ3v) is 6.66. The summed E-state index contributed by atoms with van der Waals surface area (Å²) in [5.41, 5.74) is 1.23. The lowest BCUT2D eigenvalue weighted by Crippen LogP contribution is -2.48. The van der Waals surface area contributed by atoms with Gasteiger partial charge in [-0.15, -0.1) is 22.9 Å². The van der Waals surface area contributed by atoms with Gasteiger partial charge in [0, 0.05) is 43.4 Å². The van der Waals surface area contributed by atoms with Crippen LogP contribution in [0.4, 0.5) is 0 Å². The van der Waals surface area contributed by atoms with Crippen LogP contribution in [-0.4, -0.2) is 57.7 Å². The predicted octanol–water partition coefficient (Wildman–Crippen LogP) is 2.14. The van der Waals surface area contributed by atoms with E-state index >= 15 is 0 Å². The Labute approximate surface area is 161 Å². The van der Waals surface area contributed by atoms with Gasteiger partial charge >= 0.3 is 0 Å². The first-order valence-corrected chi connectivity index (χ1v) is 10.6. The number of hydrogen-bond donors (Lipinski definition) is 1. The molecule has 0 spiro atoms. The number of hydrogen-bond acceptors (Lipinski definition) is 5. The molecule has 1 amide bonds. The summed E-state index contributed by atoms with van der Waals surface area (Å²) in [5.74, 6) is 1.22. The molecule has 1 aliphatic heterocycles. The number of nitrogens with zero attached hydrogens (tertiary/aromatic N) is 3. The van der Waals surface area contributed by atoms with Crippen molar-refractivity contribution < 1.29 is 4.79 Å². The molecule has 0 atom stereocenters. The fourth-order valence-electron chi connectivity index (χ4n) is 3.89. The number of alkyl halides is 1. The van der Waals surface area contributed by atoms with Crippen LogP contribution in [0, 0.1) is 0 Å². The molecule has 6 nitrogen and oxygen atoms in total. The fraction of sp³-hybridized carbons (Fsp3) is 0.611. The van der Waals surface area contributed by atoms with Gasteiger partial charge in [-0.1, -0.05) is 0 Å². The van der Waals surface area contributed by atoms with Crippen molar-refractivity contribution in [3.05, 3.63) is 26.6 Å². The maximum atomic E-state index is 12.6. The lowest BCUT2D eigenvalue weighted by atomic mass is 9.97. The Bertz CT molecular complexity index is 870. The Hall–Kier alpha value is -1.44. The molecule has 2 aromatic rings. The summed E-state index contributed by atoms with van der Waals surface area (Å²) in [6.07, 6.45) is 4.83. The second-order valence-electron chi connectivity index (χ2n) is 7.00. The molecule has 2 aromatic heterocycles. The van der Waals surface area contributed by atoms with E-state index in [0.717, 1.165) is 48.4 Å². The van der Waals surface area contributed by atoms with Crippen LogP contribution in [0.25, 0.3) is 10.2 Å². The Morgan fingerprint density at radius 2 is 1.96 bits per heavy atom. The normalized spacial score (nSPS) is 18.3. The molecule has 8 heteroatoms. The Morgan fingerprint density at radius 3 is 2.73 bits per heavy atom. The molecule has 4 rings (SSSR count). The molecule has 0 bridgehead atoms. The minimum Gasteiger partial charge on any atom is -0.340 e. The predicted molar refractivity (Wildman–Crippen MR) is 104 cm³/mol. The molecule has 140 valence electrons. The summed E-state index contributed by atoms with van der Waals surface area (Å²) < 4.78 is 0. The molecule has 1 fully saturated rings. The van der Waals surface area contributed by atoms with Gasteiger partial charge in [-0.25, -0.2) is 4.98 Å². The van der Waals surface area contributed by atoms with Crippen LogP contribution in [0.3, 0.4) is 0 Å². The Morgan fingerprint density at radius 1 is 1.19 bits per heavy atom. The number of nitrogens with one attached hydrogen (secondary N) is 1. The zero-order valence-corrected chi connectivity index (χ0v) is 16.3. The molecule has 3 heterocycles. The molecule has 2 aliphatic rings. The highest BCUT2D eigenvalue weighted by Crippen LogP contribution is 2.33. The number of fused-ring (bicyclic) bond motifs is 3. The smallest absolute Gasteiger partial charge is 0.259 e. The monoisotopic (exact) mass is 394 g/mol. The molecule has 0 unspecified atom stereocenters. The molecule has 0 aromatic carbocycles. The number of H-pyrrole nitrogens is 1. The van der Waals surface area contributed by atoms with Crippen molar-refractivity contribution in [2.75, 3.05) is 32.1 Å². The van der Waals surface area contributed by atoms with Crippen LogP contribution >= 0.6 is 22.9 Å². The Balaban J connectivity index is 1.47. The number of rotatable bonds is 4. The van der Waals surface area contributed by atoms with Crippen molar-refractivity contribution in [3.8, 4) is 0 Å². The molecule has 0 saturated carbocycles. The average molecular weight is 395 g/mol. The van der Waals surface area contributed by atoms with E-state index in [1.54, 1.807) is 11.3 Å². The molecule has 0 radical (unpaired) electrons. The van der Waals surface area contributed by atoms with Crippen LogP contribution in [0.15, 0.2) is 4.79 Å². The quantitative estimate of drug-likeness (QED) is 0.806. The van der Waals surface area contributed by atoms with Crippen LogP contribution < -0.4 is 5.56 Å². The van der Waals surface area contributed by atoms with Crippen molar-refractivity contribution in [2.24, 2.45) is 0 Å². The minimum atomic E-state index is 0.000302. The van der Waals surface area contributed by atoms with E-state index in [9.17, 15) is 9.59 Å². The maximum absolute atomic E-state index is 12.6. The lowest BCUT2D eigenvalue weighted by Gasteiger charge is -2.34. The first kappa shape index (κ1) is 17.9. The van der Waals surface area contributed by atoms with E-state index in [4.69, 9.17) is 16.6 Å². The van der Waals surface area contributed by atoms with E-state index in [0.29, 0.717) is 31.9 Å². The number of aromatic amines is 1. The highest BCUT2D eigenvalue weighted by molar-refractivity contribution is 7.18. The summed E-state index contributed by atoms with van der Waals surface area (Å²) in [4.78, 5) is 38.6. The van der Waals surface area contributed by atoms with Crippen LogP contribution in [0.2, 0.25) is 0 Å². The van der Waals surface area contributed by atoms with E-state index in [1.807, 2.05) is 4.90 Å². The second kappa shape index (κ2) is 7.66. The van der Waals surface area contributed by atoms with E-state index < -0.39 is 0 Å². The van der Waals surface area contributed by atoms with Gasteiger partial charge in [0.05, 0.1) is 11.9 Å². The molecular formula is C18H23ClN4O2S. The molecule has 1 saturated heterocycles. The highest BCUT2D eigenvalue weighted by Gasteiger charge is 2.23. The van der Waals surface area contributed by atoms with Crippen molar-refractivity contribution in [2.45, 2.75) is 38.6 Å². The first-order valence-electron chi connectivity index (χ1n) is 9.25. The summed E-state index contributed by atoms with van der Waals surface area (Å²) in [6, 6.07) is 0. The molecule has 1 N–H and O–H groups in total. The number of amides is 1. The summed E-state index contributed by atoms with van der Waals surface area (Å²) >= 11 is 7.34. The maximum Gasteiger partial charge on any atom is 0.259 e. The summed E-state index contributed by atoms with van der Waals surface area (Å²) in [6.45, 7) is 3.60. The average Bonchev–Trinajstić information content (AvgIpc) is 3.01. The highest BCUT2D eigenvalue weighted by atomic mass is 35.5. The van der Waals surface area contributed by atoms with Gasteiger partial charge in [-0.3, -0.25) is 14.5 Å². The topological polar surface area (TPSA) is 69.3 Å². The third-order valence-electron chi connectivity index (χ3n) is 5.28. The van der Waals surface area contributed by atoms with E-state index in [-0.39, 0.29) is 11.5 Å². The number of carbonyl (C=O) groups is 1. The number of halogens is 1. The van der Waals surface area contributed by atoms with Gasteiger partial charge in [0.25, 0.3) is 5.56 Å². The van der Waals surface area contributed by atoms with Crippen molar-refractivity contribution in [1.29, 1.82) is 0 Å². The Kier molecular flexibility index (Phi) is 5.29. The third kappa shape index (κ3) is 3.52. The molecule has 26 heavy (non-hydrogen) atoms. The number of aromatic nitrogens is 2. The SMILES string of the molecule is O=C(CCCl)N1CCN(Cc2nc3sc4c(c3c(=O)[nH]2)CCCC4)CC1. The summed E-state index contributed by atoms with van der Waals surface area (Å²) in [5, 5.41) is 0.810. The van der Waals surface area contributed by atoms with Gasteiger partial charge in [0.2, 0.25) is 5.91 Å². The summed E-state index contributed by atoms with van der Waals surface area (Å²) in [7, 11) is 0. The molecular weight excluding hydrogens is 372 g/mol. The van der Waals surface area contributed by atoms with Gasteiger partial charge in [-0.2, -0.15) is 0 Å². The number of piperazine rings is 1. The minimum absolute atomic E-state index is 0.000302. The van der Waals surface area contributed by atoms with Gasteiger partial charge in [0.15, 0.2) is 0 Å². The van der Waals surface area contributed by atoms with E-state index in [1.165, 1.54) is 16.9 Å². The zero-order chi connectivity index (χ0) is 18.1. The van der Waals surface area contributed by atoms with E-state index in [2.05, 4.69) is 9.88 Å². The van der Waals surface area contributed by atoms with Crippen LogP contribution in [0.5, 0.6) is 0 Å². The second-order valence-corrected chi connectivity index (χ2v) is 8.46. The standard InChI is InChI=1S/C18H23ClN4O2S/c19-6-5-15(24)23-9-7-22(8-10-23)11-14-20-17(25)16-12-3-1-2-4-13(12)26-18(16)21-14/h1-11H2,(H,20,21,25). The number of thiophene rings is 1. The zero-order valence-electron chi connectivity index (χ0n) is 14.7. The number of carbonyl (C=O) groups excluding carboxylic acids is 1. The van der Waals surface area contributed by atoms with Crippen molar-refractivity contribution >= 4 is 39.1 Å². The van der Waals surface area contributed by atoms with Crippen molar-refractivity contribution in [1.82, 2.24) is 19.8 Å². The first-order chi connectivity index (χ1) is 12.7. The van der Waals surface area contributed by atoms with Crippen LogP contribution in [0.1, 0.15) is 35.5 Å². The van der Waals surface area contributed by atoms with Gasteiger partial charge in [-0.05, 0) is 31.2 Å². The number of aryl methyl sites for hydroxylation is 2. The largest absolute Gasteiger partial charge is 0.340 e. The van der Waals surface area contributed by atoms with Crippen molar-refractivity contribution in [3.63, 3.8) is 0 Å².